The van der Waals surface area contributed by atoms with Crippen molar-refractivity contribution in [3.63, 3.8) is 0 Å². The molecule has 1 saturated heterocycles. The van der Waals surface area contributed by atoms with E-state index in [4.69, 9.17) is 5.73 Å². The Kier molecular flexibility index (Phi) is 4.13. The molecule has 3 heteroatoms. The molecule has 1 fully saturated rings. The fourth-order valence-electron chi connectivity index (χ4n) is 2.37. The Hall–Kier alpha value is -0.930. The average Bonchev–Trinajstić information content (AvgIpc) is 2.35. The van der Waals surface area contributed by atoms with Gasteiger partial charge in [0.05, 0.1) is 0 Å². The summed E-state index contributed by atoms with van der Waals surface area (Å²) in [5.41, 5.74) is 6.92. The maximum atomic E-state index is 14.0. The van der Waals surface area contributed by atoms with E-state index in [1.54, 1.807) is 6.07 Å². The highest BCUT2D eigenvalue weighted by Crippen LogP contribution is 2.20. The fraction of sp³-hybridized carbons (Fsp3) is 0.571. The van der Waals surface area contributed by atoms with Gasteiger partial charge in [-0.1, -0.05) is 25.1 Å². The van der Waals surface area contributed by atoms with Gasteiger partial charge in [0.1, 0.15) is 5.82 Å². The van der Waals surface area contributed by atoms with E-state index in [1.165, 1.54) is 12.8 Å². The monoisotopic (exact) mass is 236 g/mol. The second kappa shape index (κ2) is 5.61. The summed E-state index contributed by atoms with van der Waals surface area (Å²) in [6.45, 7) is 5.43. The van der Waals surface area contributed by atoms with Crippen molar-refractivity contribution in [1.82, 2.24) is 4.90 Å². The van der Waals surface area contributed by atoms with Crippen LogP contribution in [0.15, 0.2) is 18.2 Å². The maximum absolute atomic E-state index is 14.0. The van der Waals surface area contributed by atoms with Gasteiger partial charge in [0.25, 0.3) is 0 Å². The lowest BCUT2D eigenvalue weighted by molar-refractivity contribution is 0.183. The number of nitrogens with two attached hydrogens (primary N) is 1. The van der Waals surface area contributed by atoms with Crippen molar-refractivity contribution in [3.05, 3.63) is 35.1 Å². The van der Waals surface area contributed by atoms with Crippen LogP contribution in [0.1, 0.15) is 30.9 Å². The van der Waals surface area contributed by atoms with Crippen LogP contribution >= 0.6 is 0 Å². The van der Waals surface area contributed by atoms with Crippen LogP contribution < -0.4 is 5.73 Å². The van der Waals surface area contributed by atoms with Crippen LogP contribution in [0.5, 0.6) is 0 Å². The van der Waals surface area contributed by atoms with E-state index < -0.39 is 0 Å². The van der Waals surface area contributed by atoms with Crippen molar-refractivity contribution in [2.24, 2.45) is 11.7 Å². The molecule has 0 radical (unpaired) electrons. The Bertz CT molecular complexity index is 370. The van der Waals surface area contributed by atoms with Crippen LogP contribution in [-0.4, -0.2) is 18.0 Å². The first kappa shape index (κ1) is 12.5. The summed E-state index contributed by atoms with van der Waals surface area (Å²) in [6.07, 6.45) is 2.44. The summed E-state index contributed by atoms with van der Waals surface area (Å²) < 4.78 is 14.0. The number of nitrogens with zero attached hydrogens (tertiary/aromatic N) is 1. The Labute approximate surface area is 103 Å². The number of likely N-dealkylation sites (tertiary alicyclic amines) is 1. The second-order valence-electron chi connectivity index (χ2n) is 5.05. The molecule has 94 valence electrons. The van der Waals surface area contributed by atoms with Gasteiger partial charge in [-0.2, -0.15) is 0 Å². The Morgan fingerprint density at radius 2 is 1.94 bits per heavy atom. The predicted molar refractivity (Wildman–Crippen MR) is 68.0 cm³/mol. The Morgan fingerprint density at radius 1 is 1.29 bits per heavy atom. The lowest BCUT2D eigenvalue weighted by Crippen LogP contribution is -2.32. The van der Waals surface area contributed by atoms with Gasteiger partial charge in [-0.3, -0.25) is 4.90 Å². The molecule has 0 aromatic heterocycles. The van der Waals surface area contributed by atoms with Crippen molar-refractivity contribution >= 4 is 0 Å². The van der Waals surface area contributed by atoms with Crippen molar-refractivity contribution in [2.75, 3.05) is 13.1 Å². The molecule has 0 bridgehead atoms. The molecule has 0 atom stereocenters. The van der Waals surface area contributed by atoms with E-state index in [9.17, 15) is 4.39 Å². The molecular formula is C14H21FN2. The number of hydrogen-bond acceptors (Lipinski definition) is 2. The lowest BCUT2D eigenvalue weighted by atomic mass is 9.98. The van der Waals surface area contributed by atoms with Gasteiger partial charge >= 0.3 is 0 Å². The largest absolute Gasteiger partial charge is 0.326 e. The molecule has 1 aliphatic rings. The van der Waals surface area contributed by atoms with Crippen LogP contribution in [0.4, 0.5) is 4.39 Å². The molecule has 0 amide bonds. The van der Waals surface area contributed by atoms with E-state index in [1.807, 2.05) is 12.1 Å². The molecule has 0 spiro atoms. The Morgan fingerprint density at radius 3 is 2.59 bits per heavy atom. The summed E-state index contributed by atoms with van der Waals surface area (Å²) in [5, 5.41) is 0. The van der Waals surface area contributed by atoms with Crippen LogP contribution in [0, 0.1) is 11.7 Å². The summed E-state index contributed by atoms with van der Waals surface area (Å²) in [6, 6.07) is 5.52. The summed E-state index contributed by atoms with van der Waals surface area (Å²) in [4.78, 5) is 2.33. The molecule has 0 aliphatic carbocycles. The van der Waals surface area contributed by atoms with Gasteiger partial charge in [0.2, 0.25) is 0 Å². The van der Waals surface area contributed by atoms with Gasteiger partial charge < -0.3 is 5.73 Å². The molecule has 2 N–H and O–H groups in total. The lowest BCUT2D eigenvalue weighted by Gasteiger charge is -2.30. The number of halogens is 1. The second-order valence-corrected chi connectivity index (χ2v) is 5.05. The van der Waals surface area contributed by atoms with Crippen LogP contribution in [-0.2, 0) is 13.1 Å². The van der Waals surface area contributed by atoms with E-state index in [2.05, 4.69) is 11.8 Å². The van der Waals surface area contributed by atoms with Crippen LogP contribution in [0.3, 0.4) is 0 Å². The summed E-state index contributed by atoms with van der Waals surface area (Å²) in [7, 11) is 0. The van der Waals surface area contributed by atoms with Crippen molar-refractivity contribution < 1.29 is 4.39 Å². The minimum Gasteiger partial charge on any atom is -0.326 e. The Balaban J connectivity index is 2.03. The molecule has 1 heterocycles. The molecule has 0 saturated carbocycles. The third-order valence-corrected chi connectivity index (χ3v) is 3.65. The predicted octanol–water partition coefficient (Wildman–Crippen LogP) is 2.52. The first-order valence-corrected chi connectivity index (χ1v) is 6.39. The fourth-order valence-corrected chi connectivity index (χ4v) is 2.37. The molecule has 1 aromatic rings. The van der Waals surface area contributed by atoms with E-state index >= 15 is 0 Å². The molecule has 1 aliphatic heterocycles. The highest BCUT2D eigenvalue weighted by atomic mass is 19.1. The summed E-state index contributed by atoms with van der Waals surface area (Å²) in [5.74, 6) is 0.695. The SMILES string of the molecule is CC1CCN(Cc2cccc(CN)c2F)CC1. The first-order chi connectivity index (χ1) is 8.20. The number of hydrogen-bond donors (Lipinski definition) is 1. The van der Waals surface area contributed by atoms with Crippen molar-refractivity contribution in [3.8, 4) is 0 Å². The van der Waals surface area contributed by atoms with E-state index in [0.717, 1.165) is 24.6 Å². The van der Waals surface area contributed by atoms with Gasteiger partial charge in [-0.15, -0.1) is 0 Å². The zero-order valence-corrected chi connectivity index (χ0v) is 10.5. The van der Waals surface area contributed by atoms with Gasteiger partial charge in [0.15, 0.2) is 0 Å². The normalized spacial score (nSPS) is 18.5. The maximum Gasteiger partial charge on any atom is 0.132 e. The smallest absolute Gasteiger partial charge is 0.132 e. The van der Waals surface area contributed by atoms with Crippen molar-refractivity contribution in [2.45, 2.75) is 32.9 Å². The molecule has 2 rings (SSSR count). The number of rotatable bonds is 3. The minimum atomic E-state index is -0.117. The van der Waals surface area contributed by atoms with Gasteiger partial charge in [-0.25, -0.2) is 4.39 Å². The zero-order chi connectivity index (χ0) is 12.3. The highest BCUT2D eigenvalue weighted by Gasteiger charge is 2.17. The highest BCUT2D eigenvalue weighted by molar-refractivity contribution is 5.25. The first-order valence-electron chi connectivity index (χ1n) is 6.39. The average molecular weight is 236 g/mol. The van der Waals surface area contributed by atoms with E-state index in [0.29, 0.717) is 12.1 Å². The molecular weight excluding hydrogens is 215 g/mol. The summed E-state index contributed by atoms with van der Waals surface area (Å²) >= 11 is 0. The quantitative estimate of drug-likeness (QED) is 0.873. The van der Waals surface area contributed by atoms with Gasteiger partial charge in [-0.05, 0) is 31.8 Å². The molecule has 2 nitrogen and oxygen atoms in total. The minimum absolute atomic E-state index is 0.117. The third kappa shape index (κ3) is 3.05. The van der Waals surface area contributed by atoms with Gasteiger partial charge in [0, 0.05) is 24.2 Å². The third-order valence-electron chi connectivity index (χ3n) is 3.65. The topological polar surface area (TPSA) is 29.3 Å². The number of benzene rings is 1. The van der Waals surface area contributed by atoms with Crippen LogP contribution in [0.25, 0.3) is 0 Å². The molecule has 0 unspecified atom stereocenters. The number of piperidine rings is 1. The zero-order valence-electron chi connectivity index (χ0n) is 10.5. The van der Waals surface area contributed by atoms with Crippen molar-refractivity contribution in [1.29, 1.82) is 0 Å². The standard InChI is InChI=1S/C14H21FN2/c1-11-5-7-17(8-6-11)10-13-4-2-3-12(9-16)14(13)15/h2-4,11H,5-10,16H2,1H3. The molecule has 17 heavy (non-hydrogen) atoms. The van der Waals surface area contributed by atoms with Crippen LogP contribution in [0.2, 0.25) is 0 Å². The molecule has 1 aromatic carbocycles. The van der Waals surface area contributed by atoms with E-state index in [-0.39, 0.29) is 12.4 Å².